The molecule has 2 nitrogen and oxygen atoms in total. The van der Waals surface area contributed by atoms with Crippen LogP contribution in [0.5, 0.6) is 0 Å². The highest BCUT2D eigenvalue weighted by atomic mass is 16.5. The first-order valence-corrected chi connectivity index (χ1v) is 5.37. The SMILES string of the molecule is COC(C)CC(CO)c1cccc(C)c1. The molecule has 0 aliphatic heterocycles. The van der Waals surface area contributed by atoms with Gasteiger partial charge in [0, 0.05) is 13.0 Å². The van der Waals surface area contributed by atoms with Crippen LogP contribution in [-0.2, 0) is 4.74 Å². The van der Waals surface area contributed by atoms with Gasteiger partial charge in [0.2, 0.25) is 0 Å². The Morgan fingerprint density at radius 2 is 2.13 bits per heavy atom. The smallest absolute Gasteiger partial charge is 0.0549 e. The van der Waals surface area contributed by atoms with Crippen molar-refractivity contribution in [3.05, 3.63) is 35.4 Å². The molecule has 1 aromatic rings. The van der Waals surface area contributed by atoms with E-state index in [1.165, 1.54) is 11.1 Å². The van der Waals surface area contributed by atoms with Crippen molar-refractivity contribution in [2.45, 2.75) is 32.3 Å². The van der Waals surface area contributed by atoms with Crippen molar-refractivity contribution in [3.63, 3.8) is 0 Å². The minimum atomic E-state index is 0.178. The van der Waals surface area contributed by atoms with Crippen molar-refractivity contribution in [1.82, 2.24) is 0 Å². The molecule has 0 aromatic heterocycles. The maximum absolute atomic E-state index is 9.36. The van der Waals surface area contributed by atoms with Gasteiger partial charge in [-0.25, -0.2) is 0 Å². The highest BCUT2D eigenvalue weighted by molar-refractivity contribution is 5.25. The van der Waals surface area contributed by atoms with Gasteiger partial charge in [0.1, 0.15) is 0 Å². The zero-order chi connectivity index (χ0) is 11.3. The minimum Gasteiger partial charge on any atom is -0.396 e. The number of hydrogen-bond donors (Lipinski definition) is 1. The van der Waals surface area contributed by atoms with Gasteiger partial charge >= 0.3 is 0 Å². The third-order valence-electron chi connectivity index (χ3n) is 2.75. The molecule has 0 aliphatic carbocycles. The third kappa shape index (κ3) is 3.65. The number of methoxy groups -OCH3 is 1. The van der Waals surface area contributed by atoms with Gasteiger partial charge in [-0.3, -0.25) is 0 Å². The zero-order valence-corrected chi connectivity index (χ0v) is 9.73. The molecule has 0 spiro atoms. The molecule has 0 fully saturated rings. The second-order valence-electron chi connectivity index (χ2n) is 4.08. The van der Waals surface area contributed by atoms with Crippen LogP contribution in [0.1, 0.15) is 30.4 Å². The van der Waals surface area contributed by atoms with Gasteiger partial charge in [0.25, 0.3) is 0 Å². The van der Waals surface area contributed by atoms with Crippen LogP contribution in [0.3, 0.4) is 0 Å². The van der Waals surface area contributed by atoms with E-state index in [-0.39, 0.29) is 18.6 Å². The topological polar surface area (TPSA) is 29.5 Å². The Labute approximate surface area is 91.9 Å². The molecule has 0 bridgehead atoms. The van der Waals surface area contributed by atoms with E-state index < -0.39 is 0 Å². The molecule has 1 N–H and O–H groups in total. The van der Waals surface area contributed by atoms with Gasteiger partial charge in [-0.15, -0.1) is 0 Å². The third-order valence-corrected chi connectivity index (χ3v) is 2.75. The summed E-state index contributed by atoms with van der Waals surface area (Å²) in [4.78, 5) is 0. The Kier molecular flexibility index (Phi) is 4.79. The predicted molar refractivity (Wildman–Crippen MR) is 62.1 cm³/mol. The molecule has 0 amide bonds. The lowest BCUT2D eigenvalue weighted by Gasteiger charge is -2.18. The van der Waals surface area contributed by atoms with Crippen molar-refractivity contribution in [2.24, 2.45) is 0 Å². The molecule has 1 aromatic carbocycles. The number of aryl methyl sites for hydroxylation is 1. The largest absolute Gasteiger partial charge is 0.396 e. The number of rotatable bonds is 5. The molecule has 0 aliphatic rings. The van der Waals surface area contributed by atoms with Gasteiger partial charge in [-0.1, -0.05) is 29.8 Å². The Balaban J connectivity index is 2.73. The fourth-order valence-corrected chi connectivity index (χ4v) is 1.74. The van der Waals surface area contributed by atoms with Gasteiger partial charge in [0.15, 0.2) is 0 Å². The van der Waals surface area contributed by atoms with E-state index in [2.05, 4.69) is 25.1 Å². The molecule has 0 radical (unpaired) electrons. The lowest BCUT2D eigenvalue weighted by atomic mass is 9.93. The number of aliphatic hydroxyl groups is 1. The first-order valence-electron chi connectivity index (χ1n) is 5.37. The van der Waals surface area contributed by atoms with E-state index in [0.717, 1.165) is 6.42 Å². The average Bonchev–Trinajstić information content (AvgIpc) is 2.25. The summed E-state index contributed by atoms with van der Waals surface area (Å²) in [6.07, 6.45) is 1.04. The molecule has 0 saturated carbocycles. The van der Waals surface area contributed by atoms with Crippen LogP contribution in [0.25, 0.3) is 0 Å². The van der Waals surface area contributed by atoms with Gasteiger partial charge in [-0.2, -0.15) is 0 Å². The molecule has 0 heterocycles. The Hall–Kier alpha value is -0.860. The van der Waals surface area contributed by atoms with Crippen LogP contribution in [0.4, 0.5) is 0 Å². The normalized spacial score (nSPS) is 14.9. The van der Waals surface area contributed by atoms with Crippen molar-refractivity contribution >= 4 is 0 Å². The first-order chi connectivity index (χ1) is 7.17. The summed E-state index contributed by atoms with van der Waals surface area (Å²) >= 11 is 0. The Morgan fingerprint density at radius 1 is 1.40 bits per heavy atom. The van der Waals surface area contributed by atoms with Gasteiger partial charge in [0.05, 0.1) is 12.7 Å². The monoisotopic (exact) mass is 208 g/mol. The van der Waals surface area contributed by atoms with E-state index in [1.54, 1.807) is 7.11 Å². The van der Waals surface area contributed by atoms with Crippen LogP contribution in [-0.4, -0.2) is 24.9 Å². The fraction of sp³-hybridized carbons (Fsp3) is 0.538. The predicted octanol–water partition coefficient (Wildman–Crippen LogP) is 2.50. The summed E-state index contributed by atoms with van der Waals surface area (Å²) in [5, 5.41) is 9.36. The summed E-state index contributed by atoms with van der Waals surface area (Å²) in [6, 6.07) is 8.29. The fourth-order valence-electron chi connectivity index (χ4n) is 1.74. The Morgan fingerprint density at radius 3 is 2.67 bits per heavy atom. The van der Waals surface area contributed by atoms with E-state index in [4.69, 9.17) is 4.74 Å². The molecule has 2 atom stereocenters. The molecule has 84 valence electrons. The van der Waals surface area contributed by atoms with Gasteiger partial charge in [-0.05, 0) is 25.8 Å². The molecular weight excluding hydrogens is 188 g/mol. The quantitative estimate of drug-likeness (QED) is 0.805. The van der Waals surface area contributed by atoms with E-state index in [0.29, 0.717) is 0 Å². The highest BCUT2D eigenvalue weighted by Crippen LogP contribution is 2.22. The molecule has 0 saturated heterocycles. The summed E-state index contributed by atoms with van der Waals surface area (Å²) in [5.74, 6) is 0.180. The van der Waals surface area contributed by atoms with Crippen molar-refractivity contribution < 1.29 is 9.84 Å². The number of ether oxygens (including phenoxy) is 1. The number of aliphatic hydroxyl groups excluding tert-OH is 1. The minimum absolute atomic E-state index is 0.178. The molecule has 2 unspecified atom stereocenters. The lowest BCUT2D eigenvalue weighted by molar-refractivity contribution is 0.0950. The second kappa shape index (κ2) is 5.89. The lowest BCUT2D eigenvalue weighted by Crippen LogP contribution is -2.14. The number of hydrogen-bond acceptors (Lipinski definition) is 2. The average molecular weight is 208 g/mol. The van der Waals surface area contributed by atoms with E-state index in [9.17, 15) is 5.11 Å². The van der Waals surface area contributed by atoms with Crippen molar-refractivity contribution in [2.75, 3.05) is 13.7 Å². The second-order valence-corrected chi connectivity index (χ2v) is 4.08. The summed E-state index contributed by atoms with van der Waals surface area (Å²) in [6.45, 7) is 4.27. The Bertz CT molecular complexity index is 296. The van der Waals surface area contributed by atoms with E-state index >= 15 is 0 Å². The summed E-state index contributed by atoms with van der Waals surface area (Å²) < 4.78 is 5.22. The molecule has 1 rings (SSSR count). The van der Waals surface area contributed by atoms with Crippen molar-refractivity contribution in [1.29, 1.82) is 0 Å². The first kappa shape index (κ1) is 12.2. The summed E-state index contributed by atoms with van der Waals surface area (Å²) in [7, 11) is 1.70. The molecular formula is C13H20O2. The highest BCUT2D eigenvalue weighted by Gasteiger charge is 2.14. The van der Waals surface area contributed by atoms with Crippen LogP contribution in [0, 0.1) is 6.92 Å². The van der Waals surface area contributed by atoms with Crippen LogP contribution in [0.2, 0.25) is 0 Å². The van der Waals surface area contributed by atoms with Crippen LogP contribution < -0.4 is 0 Å². The summed E-state index contributed by atoms with van der Waals surface area (Å²) in [5.41, 5.74) is 2.43. The van der Waals surface area contributed by atoms with E-state index in [1.807, 2.05) is 13.0 Å². The standard InChI is InChI=1S/C13H20O2/c1-10-5-4-6-12(7-10)13(9-14)8-11(2)15-3/h4-7,11,13-14H,8-9H2,1-3H3. The van der Waals surface area contributed by atoms with Crippen LogP contribution in [0.15, 0.2) is 24.3 Å². The maximum Gasteiger partial charge on any atom is 0.0549 e. The zero-order valence-electron chi connectivity index (χ0n) is 9.73. The maximum atomic E-state index is 9.36. The van der Waals surface area contributed by atoms with Crippen LogP contribution >= 0.6 is 0 Å². The van der Waals surface area contributed by atoms with Gasteiger partial charge < -0.3 is 9.84 Å². The number of benzene rings is 1. The van der Waals surface area contributed by atoms with Crippen molar-refractivity contribution in [3.8, 4) is 0 Å². The molecule has 2 heteroatoms. The molecule has 15 heavy (non-hydrogen) atoms.